The summed E-state index contributed by atoms with van der Waals surface area (Å²) in [5.74, 6) is 0.204. The molecule has 2 aromatic heterocycles. The van der Waals surface area contributed by atoms with Crippen LogP contribution in [0.3, 0.4) is 0 Å². The predicted molar refractivity (Wildman–Crippen MR) is 123 cm³/mol. The lowest BCUT2D eigenvalue weighted by Crippen LogP contribution is -2.14. The van der Waals surface area contributed by atoms with Crippen LogP contribution in [0.25, 0.3) is 10.1 Å². The minimum atomic E-state index is -0.260. The molecule has 0 aliphatic carbocycles. The number of carbonyl (C=O) groups is 1. The summed E-state index contributed by atoms with van der Waals surface area (Å²) >= 11 is 7.85. The maximum absolute atomic E-state index is 13.2. The fraction of sp³-hybridized carbons (Fsp3) is 0.217. The number of aryl methyl sites for hydroxylation is 1. The first-order chi connectivity index (χ1) is 14.4. The summed E-state index contributed by atoms with van der Waals surface area (Å²) < 4.78 is 2.33. The summed E-state index contributed by atoms with van der Waals surface area (Å²) in [4.78, 5) is 13.6. The van der Waals surface area contributed by atoms with Gasteiger partial charge in [-0.3, -0.25) is 4.79 Å². The van der Waals surface area contributed by atoms with Gasteiger partial charge in [0.1, 0.15) is 10.6 Å². The smallest absolute Gasteiger partial charge is 0.266 e. The van der Waals surface area contributed by atoms with Crippen molar-refractivity contribution in [3.63, 3.8) is 0 Å². The lowest BCUT2D eigenvalue weighted by Gasteiger charge is -2.04. The standard InChI is InChI=1S/C23H21ClN4OS/c1-13(2)16-9-11-17(12-10-16)25-26-21-14(3)27-28(15(21)4)23(29)22-20(24)18-7-5-6-8-19(18)30-22/h5-13H,1-4H3. The molecule has 0 spiro atoms. The molecule has 0 atom stereocenters. The number of halogens is 1. The van der Waals surface area contributed by atoms with Gasteiger partial charge in [-0.2, -0.15) is 14.9 Å². The van der Waals surface area contributed by atoms with E-state index in [-0.39, 0.29) is 5.91 Å². The molecule has 2 heterocycles. The lowest BCUT2D eigenvalue weighted by atomic mass is 10.0. The predicted octanol–water partition coefficient (Wildman–Crippen LogP) is 7.60. The molecule has 0 saturated heterocycles. The number of nitrogens with zero attached hydrogens (tertiary/aromatic N) is 4. The van der Waals surface area contributed by atoms with E-state index in [1.165, 1.54) is 21.6 Å². The molecule has 2 aromatic carbocycles. The van der Waals surface area contributed by atoms with Crippen LogP contribution in [0, 0.1) is 13.8 Å². The molecule has 0 amide bonds. The molecule has 0 unspecified atom stereocenters. The van der Waals surface area contributed by atoms with Crippen molar-refractivity contribution in [2.45, 2.75) is 33.6 Å². The van der Waals surface area contributed by atoms with Crippen molar-refractivity contribution in [3.8, 4) is 0 Å². The van der Waals surface area contributed by atoms with E-state index in [4.69, 9.17) is 11.6 Å². The van der Waals surface area contributed by atoms with E-state index < -0.39 is 0 Å². The second-order valence-corrected chi connectivity index (χ2v) is 8.85. The number of fused-ring (bicyclic) bond motifs is 1. The molecule has 7 heteroatoms. The largest absolute Gasteiger partial charge is 0.290 e. The summed E-state index contributed by atoms with van der Waals surface area (Å²) in [6, 6.07) is 15.7. The zero-order chi connectivity index (χ0) is 21.4. The zero-order valence-corrected chi connectivity index (χ0v) is 18.8. The molecule has 5 nitrogen and oxygen atoms in total. The Morgan fingerprint density at radius 3 is 2.43 bits per heavy atom. The first-order valence-electron chi connectivity index (χ1n) is 9.66. The van der Waals surface area contributed by atoms with E-state index in [0.29, 0.717) is 32.9 Å². The molecule has 0 bridgehead atoms. The Labute approximate surface area is 184 Å². The summed E-state index contributed by atoms with van der Waals surface area (Å²) in [6.45, 7) is 7.93. The van der Waals surface area contributed by atoms with Crippen molar-refractivity contribution >= 4 is 50.3 Å². The highest BCUT2D eigenvalue weighted by atomic mass is 35.5. The van der Waals surface area contributed by atoms with E-state index in [9.17, 15) is 4.79 Å². The van der Waals surface area contributed by atoms with Gasteiger partial charge in [0.25, 0.3) is 5.91 Å². The Morgan fingerprint density at radius 2 is 1.77 bits per heavy atom. The van der Waals surface area contributed by atoms with Crippen LogP contribution in [0.5, 0.6) is 0 Å². The van der Waals surface area contributed by atoms with Crippen molar-refractivity contribution in [3.05, 3.63) is 75.4 Å². The SMILES string of the molecule is Cc1nn(C(=O)c2sc3ccccc3c2Cl)c(C)c1N=Nc1ccc(C(C)C)cc1. The molecule has 152 valence electrons. The summed E-state index contributed by atoms with van der Waals surface area (Å²) in [6.07, 6.45) is 0. The van der Waals surface area contributed by atoms with E-state index in [2.05, 4.69) is 41.3 Å². The number of hydrogen-bond acceptors (Lipinski definition) is 5. The van der Waals surface area contributed by atoms with Gasteiger partial charge < -0.3 is 0 Å². The molecule has 0 radical (unpaired) electrons. The van der Waals surface area contributed by atoms with Crippen molar-refractivity contribution in [2.75, 3.05) is 0 Å². The van der Waals surface area contributed by atoms with Gasteiger partial charge in [0, 0.05) is 10.1 Å². The van der Waals surface area contributed by atoms with Gasteiger partial charge >= 0.3 is 0 Å². The van der Waals surface area contributed by atoms with Gasteiger partial charge in [0.2, 0.25) is 0 Å². The molecular weight excluding hydrogens is 416 g/mol. The molecule has 0 fully saturated rings. The zero-order valence-electron chi connectivity index (χ0n) is 17.2. The Kier molecular flexibility index (Phi) is 5.54. The van der Waals surface area contributed by atoms with Crippen LogP contribution in [0.15, 0.2) is 58.8 Å². The third-order valence-electron chi connectivity index (χ3n) is 5.00. The van der Waals surface area contributed by atoms with Gasteiger partial charge in [0.15, 0.2) is 0 Å². The summed E-state index contributed by atoms with van der Waals surface area (Å²) in [7, 11) is 0. The molecule has 0 aliphatic heterocycles. The molecule has 0 saturated carbocycles. The molecule has 4 rings (SSSR count). The van der Waals surface area contributed by atoms with Crippen LogP contribution in [-0.4, -0.2) is 15.7 Å². The number of hydrogen-bond donors (Lipinski definition) is 0. The van der Waals surface area contributed by atoms with E-state index in [0.717, 1.165) is 15.8 Å². The molecule has 4 aromatic rings. The third kappa shape index (κ3) is 3.68. The monoisotopic (exact) mass is 436 g/mol. The minimum absolute atomic E-state index is 0.260. The van der Waals surface area contributed by atoms with E-state index >= 15 is 0 Å². The molecular formula is C23H21ClN4OS. The normalized spacial score (nSPS) is 11.8. The summed E-state index contributed by atoms with van der Waals surface area (Å²) in [5.41, 5.74) is 3.87. The van der Waals surface area contributed by atoms with Gasteiger partial charge in [-0.15, -0.1) is 16.5 Å². The van der Waals surface area contributed by atoms with Crippen molar-refractivity contribution in [1.29, 1.82) is 0 Å². The average Bonchev–Trinajstić information content (AvgIpc) is 3.23. The third-order valence-corrected chi connectivity index (χ3v) is 6.66. The number of benzene rings is 2. The summed E-state index contributed by atoms with van der Waals surface area (Å²) in [5, 5.41) is 14.4. The van der Waals surface area contributed by atoms with Crippen LogP contribution < -0.4 is 0 Å². The lowest BCUT2D eigenvalue weighted by molar-refractivity contribution is 0.0946. The highest BCUT2D eigenvalue weighted by Crippen LogP contribution is 2.36. The Balaban J connectivity index is 1.66. The van der Waals surface area contributed by atoms with E-state index in [1.54, 1.807) is 0 Å². The van der Waals surface area contributed by atoms with Gasteiger partial charge in [-0.05, 0) is 43.5 Å². The quantitative estimate of drug-likeness (QED) is 0.309. The van der Waals surface area contributed by atoms with Crippen LogP contribution in [0.4, 0.5) is 11.4 Å². The van der Waals surface area contributed by atoms with Crippen LogP contribution >= 0.6 is 22.9 Å². The van der Waals surface area contributed by atoms with Gasteiger partial charge in [0.05, 0.1) is 22.1 Å². The Morgan fingerprint density at radius 1 is 1.07 bits per heavy atom. The van der Waals surface area contributed by atoms with Gasteiger partial charge in [-0.1, -0.05) is 55.8 Å². The van der Waals surface area contributed by atoms with Gasteiger partial charge in [-0.25, -0.2) is 0 Å². The first kappa shape index (κ1) is 20.4. The number of thiophene rings is 1. The number of aromatic nitrogens is 2. The highest BCUT2D eigenvalue weighted by molar-refractivity contribution is 7.21. The molecule has 30 heavy (non-hydrogen) atoms. The second-order valence-electron chi connectivity index (χ2n) is 7.42. The first-order valence-corrected chi connectivity index (χ1v) is 10.9. The fourth-order valence-corrected chi connectivity index (χ4v) is 4.70. The number of azo groups is 1. The Hall–Kier alpha value is -2.83. The van der Waals surface area contributed by atoms with Crippen LogP contribution in [0.2, 0.25) is 5.02 Å². The number of carbonyl (C=O) groups excluding carboxylic acids is 1. The van der Waals surface area contributed by atoms with Crippen LogP contribution in [-0.2, 0) is 0 Å². The maximum Gasteiger partial charge on any atom is 0.290 e. The van der Waals surface area contributed by atoms with E-state index in [1.807, 2.05) is 50.2 Å². The minimum Gasteiger partial charge on any atom is -0.266 e. The van der Waals surface area contributed by atoms with Crippen molar-refractivity contribution in [1.82, 2.24) is 9.78 Å². The van der Waals surface area contributed by atoms with Crippen molar-refractivity contribution in [2.24, 2.45) is 10.2 Å². The molecule has 0 aliphatic rings. The Bertz CT molecular complexity index is 1270. The topological polar surface area (TPSA) is 59.6 Å². The fourth-order valence-electron chi connectivity index (χ4n) is 3.26. The van der Waals surface area contributed by atoms with Crippen molar-refractivity contribution < 1.29 is 4.79 Å². The maximum atomic E-state index is 13.2. The second kappa shape index (κ2) is 8.13. The number of rotatable bonds is 4. The average molecular weight is 437 g/mol. The molecule has 0 N–H and O–H groups in total. The van der Waals surface area contributed by atoms with Crippen LogP contribution in [0.1, 0.15) is 46.4 Å². The highest BCUT2D eigenvalue weighted by Gasteiger charge is 2.23.